The van der Waals surface area contributed by atoms with Crippen molar-refractivity contribution >= 4 is 35.4 Å². The maximum absolute atomic E-state index is 11.7. The first kappa shape index (κ1) is 14.9. The molecule has 0 spiro atoms. The van der Waals surface area contributed by atoms with E-state index in [0.29, 0.717) is 0 Å². The quantitative estimate of drug-likeness (QED) is 0.739. The zero-order valence-corrected chi connectivity index (χ0v) is 12.3. The van der Waals surface area contributed by atoms with Gasteiger partial charge in [0.25, 0.3) is 0 Å². The maximum Gasteiger partial charge on any atom is 0.180 e. The van der Waals surface area contributed by atoms with E-state index in [-0.39, 0.29) is 5.78 Å². The predicted octanol–water partition coefficient (Wildman–Crippen LogP) is 3.84. The molecule has 0 aliphatic rings. The lowest BCUT2D eigenvalue weighted by Crippen LogP contribution is -1.87. The molecular formula is C14H16O2S2. The largest absolute Gasteiger partial charge is 0.497 e. The Morgan fingerprint density at radius 1 is 1.17 bits per heavy atom. The Bertz CT molecular complexity index is 441. The molecule has 0 heterocycles. The second-order valence-corrected chi connectivity index (χ2v) is 5.34. The summed E-state index contributed by atoms with van der Waals surface area (Å²) in [6.07, 6.45) is 8.95. The first-order valence-corrected chi connectivity index (χ1v) is 7.80. The molecular weight excluding hydrogens is 264 g/mol. The third-order valence-electron chi connectivity index (χ3n) is 2.22. The number of hydrogen-bond acceptors (Lipinski definition) is 4. The Morgan fingerprint density at radius 2 is 1.78 bits per heavy atom. The van der Waals surface area contributed by atoms with Gasteiger partial charge >= 0.3 is 0 Å². The zero-order chi connectivity index (χ0) is 13.4. The fraction of sp³-hybridized carbons (Fsp3) is 0.214. The summed E-state index contributed by atoms with van der Waals surface area (Å²) in [5.41, 5.74) is 0.979. The minimum atomic E-state index is 0.00418. The van der Waals surface area contributed by atoms with Gasteiger partial charge in [-0.3, -0.25) is 4.79 Å². The molecule has 0 fully saturated rings. The highest BCUT2D eigenvalue weighted by Crippen LogP contribution is 2.23. The third kappa shape index (κ3) is 5.02. The molecule has 0 saturated heterocycles. The molecule has 1 aromatic carbocycles. The molecule has 4 heteroatoms. The number of rotatable bonds is 6. The highest BCUT2D eigenvalue weighted by Gasteiger charge is 1.96. The van der Waals surface area contributed by atoms with Crippen LogP contribution in [-0.4, -0.2) is 25.4 Å². The lowest BCUT2D eigenvalue weighted by molar-refractivity contribution is -0.110. The Balaban J connectivity index is 2.68. The highest BCUT2D eigenvalue weighted by molar-refractivity contribution is 8.21. The minimum absolute atomic E-state index is 0.00418. The molecule has 96 valence electrons. The Labute approximate surface area is 116 Å². The van der Waals surface area contributed by atoms with Crippen LogP contribution in [0, 0.1) is 0 Å². The predicted molar refractivity (Wildman–Crippen MR) is 82.1 cm³/mol. The molecule has 0 N–H and O–H groups in total. The molecule has 1 aromatic rings. The van der Waals surface area contributed by atoms with Gasteiger partial charge < -0.3 is 4.74 Å². The van der Waals surface area contributed by atoms with E-state index in [0.717, 1.165) is 15.6 Å². The van der Waals surface area contributed by atoms with E-state index in [1.54, 1.807) is 48.9 Å². The van der Waals surface area contributed by atoms with Gasteiger partial charge in [0.05, 0.1) is 7.11 Å². The summed E-state index contributed by atoms with van der Waals surface area (Å²) in [7, 11) is 1.63. The summed E-state index contributed by atoms with van der Waals surface area (Å²) in [6, 6.07) is 7.57. The number of hydrogen-bond donors (Lipinski definition) is 0. The molecule has 0 amide bonds. The van der Waals surface area contributed by atoms with Gasteiger partial charge in [0.1, 0.15) is 5.75 Å². The van der Waals surface area contributed by atoms with Crippen molar-refractivity contribution in [3.05, 3.63) is 46.2 Å². The average Bonchev–Trinajstić information content (AvgIpc) is 2.43. The van der Waals surface area contributed by atoms with Crippen molar-refractivity contribution in [3.63, 3.8) is 0 Å². The van der Waals surface area contributed by atoms with Crippen LogP contribution in [0.3, 0.4) is 0 Å². The molecule has 1 rings (SSSR count). The van der Waals surface area contributed by atoms with Gasteiger partial charge in [0.2, 0.25) is 0 Å². The third-order valence-corrected chi connectivity index (χ3v) is 4.26. The van der Waals surface area contributed by atoms with Crippen molar-refractivity contribution in [2.45, 2.75) is 0 Å². The molecule has 0 aliphatic carbocycles. The van der Waals surface area contributed by atoms with Crippen molar-refractivity contribution in [2.24, 2.45) is 0 Å². The van der Waals surface area contributed by atoms with Crippen LogP contribution in [0.25, 0.3) is 6.08 Å². The standard InChI is InChI=1S/C14H16O2S2/c1-16-13-8-5-11(6-9-13)4-7-12(15)10-14(17-2)18-3/h4-10H,1-3H3/b7-4+. The second kappa shape index (κ2) is 8.06. The first-order chi connectivity index (χ1) is 8.69. The summed E-state index contributed by atoms with van der Waals surface area (Å²) in [5, 5.41) is 0. The lowest BCUT2D eigenvalue weighted by Gasteiger charge is -1.99. The summed E-state index contributed by atoms with van der Waals surface area (Å²) in [6.45, 7) is 0. The van der Waals surface area contributed by atoms with E-state index in [2.05, 4.69) is 0 Å². The summed E-state index contributed by atoms with van der Waals surface area (Å²) >= 11 is 3.16. The zero-order valence-electron chi connectivity index (χ0n) is 10.7. The van der Waals surface area contributed by atoms with Crippen molar-refractivity contribution in [2.75, 3.05) is 19.6 Å². The van der Waals surface area contributed by atoms with Crippen LogP contribution in [0.4, 0.5) is 0 Å². The SMILES string of the molecule is COc1ccc(/C=C/C(=O)C=C(SC)SC)cc1. The number of carbonyl (C=O) groups is 1. The van der Waals surface area contributed by atoms with Crippen molar-refractivity contribution in [1.29, 1.82) is 0 Å². The van der Waals surface area contributed by atoms with E-state index in [1.807, 2.05) is 36.8 Å². The average molecular weight is 280 g/mol. The van der Waals surface area contributed by atoms with Crippen LogP contribution in [-0.2, 0) is 4.79 Å². The normalized spacial score (nSPS) is 10.4. The fourth-order valence-corrected chi connectivity index (χ4v) is 2.39. The Hall–Kier alpha value is -1.13. The van der Waals surface area contributed by atoms with Crippen LogP contribution in [0.1, 0.15) is 5.56 Å². The second-order valence-electron chi connectivity index (χ2n) is 3.38. The van der Waals surface area contributed by atoms with E-state index in [9.17, 15) is 4.79 Å². The smallest absolute Gasteiger partial charge is 0.180 e. The molecule has 0 atom stereocenters. The Kier molecular flexibility index (Phi) is 6.68. The van der Waals surface area contributed by atoms with Gasteiger partial charge in [-0.2, -0.15) is 0 Å². The minimum Gasteiger partial charge on any atom is -0.497 e. The van der Waals surface area contributed by atoms with Crippen molar-refractivity contribution in [3.8, 4) is 5.75 Å². The van der Waals surface area contributed by atoms with Crippen LogP contribution in [0.2, 0.25) is 0 Å². The van der Waals surface area contributed by atoms with Gasteiger partial charge in [-0.1, -0.05) is 18.2 Å². The summed E-state index contributed by atoms with van der Waals surface area (Å²) in [5.74, 6) is 0.815. The van der Waals surface area contributed by atoms with Crippen LogP contribution >= 0.6 is 23.5 Å². The molecule has 0 aromatic heterocycles. The molecule has 0 radical (unpaired) electrons. The van der Waals surface area contributed by atoms with E-state index >= 15 is 0 Å². The molecule has 0 aliphatic heterocycles. The monoisotopic (exact) mass is 280 g/mol. The highest BCUT2D eigenvalue weighted by atomic mass is 32.2. The lowest BCUT2D eigenvalue weighted by atomic mass is 10.2. The van der Waals surface area contributed by atoms with Gasteiger partial charge in [-0.15, -0.1) is 23.5 Å². The van der Waals surface area contributed by atoms with Crippen LogP contribution < -0.4 is 4.74 Å². The van der Waals surface area contributed by atoms with Gasteiger partial charge in [0, 0.05) is 10.3 Å². The number of ether oxygens (including phenoxy) is 1. The molecule has 2 nitrogen and oxygen atoms in total. The number of carbonyl (C=O) groups excluding carboxylic acids is 1. The van der Waals surface area contributed by atoms with Gasteiger partial charge in [-0.05, 0) is 36.3 Å². The number of methoxy groups -OCH3 is 1. The van der Waals surface area contributed by atoms with E-state index in [4.69, 9.17) is 4.74 Å². The molecule has 0 saturated carbocycles. The molecule has 0 bridgehead atoms. The number of ketones is 1. The fourth-order valence-electron chi connectivity index (χ4n) is 1.26. The van der Waals surface area contributed by atoms with Gasteiger partial charge in [0.15, 0.2) is 5.78 Å². The number of thioether (sulfide) groups is 2. The van der Waals surface area contributed by atoms with Crippen molar-refractivity contribution < 1.29 is 9.53 Å². The maximum atomic E-state index is 11.7. The summed E-state index contributed by atoms with van der Waals surface area (Å²) in [4.78, 5) is 11.7. The number of allylic oxidation sites excluding steroid dienone is 2. The summed E-state index contributed by atoms with van der Waals surface area (Å²) < 4.78 is 6.08. The van der Waals surface area contributed by atoms with Crippen LogP contribution in [0.5, 0.6) is 5.75 Å². The topological polar surface area (TPSA) is 26.3 Å². The van der Waals surface area contributed by atoms with E-state index in [1.165, 1.54) is 0 Å². The van der Waals surface area contributed by atoms with Crippen molar-refractivity contribution in [1.82, 2.24) is 0 Å². The first-order valence-electron chi connectivity index (χ1n) is 5.35. The van der Waals surface area contributed by atoms with E-state index < -0.39 is 0 Å². The molecule has 18 heavy (non-hydrogen) atoms. The Morgan fingerprint density at radius 3 is 2.28 bits per heavy atom. The number of benzene rings is 1. The molecule has 0 unspecified atom stereocenters. The van der Waals surface area contributed by atoms with Gasteiger partial charge in [-0.25, -0.2) is 0 Å². The van der Waals surface area contributed by atoms with Crippen LogP contribution in [0.15, 0.2) is 40.7 Å².